The maximum Gasteiger partial charge on any atom is 0.246 e. The van der Waals surface area contributed by atoms with Crippen molar-refractivity contribution in [3.05, 3.63) is 51.2 Å². The second-order valence-corrected chi connectivity index (χ2v) is 10.7. The first-order valence-corrected chi connectivity index (χ1v) is 12.4. The molecule has 0 aliphatic carbocycles. The third-order valence-electron chi connectivity index (χ3n) is 6.52. The molecule has 3 heterocycles. The highest BCUT2D eigenvalue weighted by molar-refractivity contribution is 7.09. The van der Waals surface area contributed by atoms with Crippen molar-refractivity contribution >= 4 is 34.8 Å². The fourth-order valence-corrected chi connectivity index (χ4v) is 5.71. The summed E-state index contributed by atoms with van der Waals surface area (Å²) in [7, 11) is 0. The Morgan fingerprint density at radius 2 is 1.97 bits per heavy atom. The van der Waals surface area contributed by atoms with Gasteiger partial charge in [0.25, 0.3) is 0 Å². The molecule has 2 saturated heterocycles. The second kappa shape index (κ2) is 9.41. The van der Waals surface area contributed by atoms with Crippen LogP contribution in [0.3, 0.4) is 0 Å². The molecule has 2 aromatic rings. The van der Waals surface area contributed by atoms with E-state index in [1.165, 1.54) is 0 Å². The minimum atomic E-state index is -0.816. The highest BCUT2D eigenvalue weighted by atomic mass is 35.5. The summed E-state index contributed by atoms with van der Waals surface area (Å²) in [5, 5.41) is 15.2. The lowest BCUT2D eigenvalue weighted by Gasteiger charge is -2.51. The lowest BCUT2D eigenvalue weighted by atomic mass is 9.80. The van der Waals surface area contributed by atoms with E-state index in [0.29, 0.717) is 56.4 Å². The zero-order valence-corrected chi connectivity index (χ0v) is 20.1. The first kappa shape index (κ1) is 23.1. The van der Waals surface area contributed by atoms with Crippen molar-refractivity contribution in [1.82, 2.24) is 15.1 Å². The molecule has 1 spiro atoms. The molecule has 4 rings (SSSR count). The Labute approximate surface area is 198 Å². The summed E-state index contributed by atoms with van der Waals surface area (Å²) in [4.78, 5) is 32.2. The molecule has 2 amide bonds. The average molecular weight is 476 g/mol. The topological polar surface area (TPSA) is 72.9 Å². The number of hydrogen-bond donors (Lipinski definition) is 2. The van der Waals surface area contributed by atoms with Gasteiger partial charge in [-0.15, -0.1) is 11.3 Å². The van der Waals surface area contributed by atoms with Crippen LogP contribution in [0.4, 0.5) is 0 Å². The minimum absolute atomic E-state index is 0.0263. The first-order valence-electron chi connectivity index (χ1n) is 11.1. The maximum absolute atomic E-state index is 13.5. The minimum Gasteiger partial charge on any atom is -0.508 e. The van der Waals surface area contributed by atoms with Gasteiger partial charge in [0.1, 0.15) is 17.3 Å². The predicted octanol–water partition coefficient (Wildman–Crippen LogP) is 4.02. The highest BCUT2D eigenvalue weighted by Crippen LogP contribution is 2.36. The molecule has 1 aromatic carbocycles. The third kappa shape index (κ3) is 4.65. The van der Waals surface area contributed by atoms with Crippen molar-refractivity contribution in [2.75, 3.05) is 13.1 Å². The van der Waals surface area contributed by atoms with Gasteiger partial charge in [-0.3, -0.25) is 14.5 Å². The number of thiophene rings is 1. The predicted molar refractivity (Wildman–Crippen MR) is 127 cm³/mol. The number of phenols is 1. The van der Waals surface area contributed by atoms with Crippen LogP contribution >= 0.6 is 22.9 Å². The number of aromatic hydroxyl groups is 1. The molecule has 1 unspecified atom stereocenters. The number of nitrogens with one attached hydrogen (secondary N) is 1. The zero-order chi connectivity index (χ0) is 22.9. The molecule has 2 aliphatic rings. The van der Waals surface area contributed by atoms with Crippen molar-refractivity contribution in [2.45, 2.75) is 57.8 Å². The SMILES string of the molecule is CC(C)CC1NC(=O)C2(CCN(Cc3ccc(O)cc3Cl)CC2)N(Cc2cccs2)C1=O. The first-order chi connectivity index (χ1) is 15.3. The van der Waals surface area contributed by atoms with Crippen molar-refractivity contribution < 1.29 is 14.7 Å². The van der Waals surface area contributed by atoms with E-state index in [4.69, 9.17) is 11.6 Å². The number of carbonyl (C=O) groups excluding carboxylic acids is 2. The van der Waals surface area contributed by atoms with Crippen molar-refractivity contribution in [3.63, 3.8) is 0 Å². The van der Waals surface area contributed by atoms with Gasteiger partial charge in [-0.05, 0) is 54.3 Å². The van der Waals surface area contributed by atoms with Gasteiger partial charge >= 0.3 is 0 Å². The number of likely N-dealkylation sites (tertiary alicyclic amines) is 1. The Morgan fingerprint density at radius 1 is 1.22 bits per heavy atom. The molecular weight excluding hydrogens is 446 g/mol. The molecule has 6 nitrogen and oxygen atoms in total. The fraction of sp³-hybridized carbons (Fsp3) is 0.500. The number of phenolic OH excluding ortho intramolecular Hbond substituents is 1. The summed E-state index contributed by atoms with van der Waals surface area (Å²) in [6.45, 7) is 6.63. The summed E-state index contributed by atoms with van der Waals surface area (Å²) >= 11 is 7.91. The maximum atomic E-state index is 13.5. The summed E-state index contributed by atoms with van der Waals surface area (Å²) in [5.41, 5.74) is 0.126. The molecule has 8 heteroatoms. The Bertz CT molecular complexity index is 971. The number of hydrogen-bond acceptors (Lipinski definition) is 5. The van der Waals surface area contributed by atoms with Crippen LogP contribution in [0.1, 0.15) is 43.6 Å². The van der Waals surface area contributed by atoms with Gasteiger partial charge in [0.2, 0.25) is 11.8 Å². The molecule has 172 valence electrons. The number of rotatable bonds is 6. The molecule has 1 aromatic heterocycles. The van der Waals surface area contributed by atoms with Crippen molar-refractivity contribution in [3.8, 4) is 5.75 Å². The Kier molecular flexibility index (Phi) is 6.79. The molecule has 0 saturated carbocycles. The lowest BCUT2D eigenvalue weighted by Crippen LogP contribution is -2.72. The quantitative estimate of drug-likeness (QED) is 0.662. The van der Waals surface area contributed by atoms with E-state index < -0.39 is 11.6 Å². The number of benzene rings is 1. The normalized spacial score (nSPS) is 21.4. The number of amides is 2. The van der Waals surface area contributed by atoms with E-state index in [0.717, 1.165) is 10.4 Å². The van der Waals surface area contributed by atoms with Crippen LogP contribution in [-0.4, -0.2) is 51.4 Å². The number of carbonyl (C=O) groups is 2. The van der Waals surface area contributed by atoms with Gasteiger partial charge in [0.05, 0.1) is 6.54 Å². The van der Waals surface area contributed by atoms with E-state index in [9.17, 15) is 14.7 Å². The molecule has 0 radical (unpaired) electrons. The third-order valence-corrected chi connectivity index (χ3v) is 7.74. The Morgan fingerprint density at radius 3 is 2.59 bits per heavy atom. The summed E-state index contributed by atoms with van der Waals surface area (Å²) in [5.74, 6) is 0.469. The zero-order valence-electron chi connectivity index (χ0n) is 18.5. The summed E-state index contributed by atoms with van der Waals surface area (Å²) in [6, 6.07) is 8.57. The van der Waals surface area contributed by atoms with E-state index in [1.807, 2.05) is 28.5 Å². The lowest BCUT2D eigenvalue weighted by molar-refractivity contribution is -0.162. The van der Waals surface area contributed by atoms with Crippen LogP contribution in [0.25, 0.3) is 0 Å². The van der Waals surface area contributed by atoms with Crippen molar-refractivity contribution in [1.29, 1.82) is 0 Å². The van der Waals surface area contributed by atoms with E-state index >= 15 is 0 Å². The van der Waals surface area contributed by atoms with Crippen LogP contribution in [0, 0.1) is 5.92 Å². The monoisotopic (exact) mass is 475 g/mol. The van der Waals surface area contributed by atoms with Gasteiger partial charge in [-0.2, -0.15) is 0 Å². The molecule has 1 atom stereocenters. The molecular formula is C24H30ClN3O3S. The molecule has 2 aliphatic heterocycles. The fourth-order valence-electron chi connectivity index (χ4n) is 4.78. The number of halogens is 1. The van der Waals surface area contributed by atoms with E-state index in [2.05, 4.69) is 24.1 Å². The molecule has 2 N–H and O–H groups in total. The van der Waals surface area contributed by atoms with Crippen molar-refractivity contribution in [2.24, 2.45) is 5.92 Å². The van der Waals surface area contributed by atoms with Gasteiger partial charge in [-0.1, -0.05) is 37.6 Å². The largest absolute Gasteiger partial charge is 0.508 e. The van der Waals surface area contributed by atoms with Crippen LogP contribution < -0.4 is 5.32 Å². The van der Waals surface area contributed by atoms with Crippen LogP contribution in [-0.2, 0) is 22.7 Å². The molecule has 2 fully saturated rings. The second-order valence-electron chi connectivity index (χ2n) is 9.24. The van der Waals surface area contributed by atoms with Crippen LogP contribution in [0.5, 0.6) is 5.75 Å². The van der Waals surface area contributed by atoms with Gasteiger partial charge in [0.15, 0.2) is 0 Å². The van der Waals surface area contributed by atoms with Gasteiger partial charge in [-0.25, -0.2) is 0 Å². The average Bonchev–Trinajstić information content (AvgIpc) is 3.26. The number of piperazine rings is 1. The summed E-state index contributed by atoms with van der Waals surface area (Å²) in [6.07, 6.45) is 1.81. The van der Waals surface area contributed by atoms with Gasteiger partial charge in [0, 0.05) is 29.5 Å². The van der Waals surface area contributed by atoms with Crippen LogP contribution in [0.15, 0.2) is 35.7 Å². The molecule has 0 bridgehead atoms. The molecule has 32 heavy (non-hydrogen) atoms. The van der Waals surface area contributed by atoms with E-state index in [1.54, 1.807) is 23.5 Å². The summed E-state index contributed by atoms with van der Waals surface area (Å²) < 4.78 is 0. The van der Waals surface area contributed by atoms with Crippen LogP contribution in [0.2, 0.25) is 5.02 Å². The van der Waals surface area contributed by atoms with Gasteiger partial charge < -0.3 is 15.3 Å². The standard InChI is InChI=1S/C24H30ClN3O3S/c1-16(2)12-21-22(30)28(15-19-4-3-11-32-19)24(23(31)26-21)7-9-27(10-8-24)14-17-5-6-18(29)13-20(17)25/h3-6,11,13,16,21,29H,7-10,12,14-15H2,1-2H3,(H,26,31). The van der Waals surface area contributed by atoms with E-state index in [-0.39, 0.29) is 17.6 Å². The Balaban J connectivity index is 1.53. The number of piperidine rings is 1. The smallest absolute Gasteiger partial charge is 0.246 e. The highest BCUT2D eigenvalue weighted by Gasteiger charge is 2.53. The number of nitrogens with zero attached hydrogens (tertiary/aromatic N) is 2. The Hall–Kier alpha value is -2.09.